The Labute approximate surface area is 163 Å². The Balaban J connectivity index is 1.55. The molecule has 1 unspecified atom stereocenters. The van der Waals surface area contributed by atoms with Crippen LogP contribution in [-0.2, 0) is 10.3 Å². The van der Waals surface area contributed by atoms with E-state index >= 15 is 0 Å². The molecule has 1 saturated carbocycles. The molecule has 2 heterocycles. The third-order valence-corrected chi connectivity index (χ3v) is 5.08. The van der Waals surface area contributed by atoms with E-state index in [9.17, 15) is 4.79 Å². The second-order valence-electron chi connectivity index (χ2n) is 6.96. The number of anilines is 2. The molecule has 1 fully saturated rings. The van der Waals surface area contributed by atoms with Crippen molar-refractivity contribution in [2.45, 2.75) is 24.6 Å². The van der Waals surface area contributed by atoms with E-state index in [0.29, 0.717) is 22.9 Å². The van der Waals surface area contributed by atoms with Crippen LogP contribution in [0.5, 0.6) is 0 Å². The SMILES string of the molecule is C=C(Nc1cc2c(c(C(=O)NC)n1)C(OC)NN2)NC1(c2ccccc2)CC1. The Bertz CT molecular complexity index is 910. The molecule has 28 heavy (non-hydrogen) atoms. The molecule has 1 aliphatic heterocycles. The van der Waals surface area contributed by atoms with Gasteiger partial charge in [-0.15, -0.1) is 0 Å². The van der Waals surface area contributed by atoms with Gasteiger partial charge in [-0.05, 0) is 18.4 Å². The summed E-state index contributed by atoms with van der Waals surface area (Å²) in [6, 6.07) is 12.1. The first-order valence-corrected chi connectivity index (χ1v) is 9.17. The van der Waals surface area contributed by atoms with Crippen LogP contribution in [0.3, 0.4) is 0 Å². The maximum atomic E-state index is 12.3. The molecule has 1 amide bonds. The molecule has 8 nitrogen and oxygen atoms in total. The van der Waals surface area contributed by atoms with E-state index in [1.807, 2.05) is 24.3 Å². The van der Waals surface area contributed by atoms with Gasteiger partial charge in [-0.2, -0.15) is 0 Å². The van der Waals surface area contributed by atoms with Gasteiger partial charge in [-0.1, -0.05) is 36.9 Å². The third kappa shape index (κ3) is 3.28. The van der Waals surface area contributed by atoms with Crippen LogP contribution in [0.15, 0.2) is 48.8 Å². The molecule has 8 heteroatoms. The highest BCUT2D eigenvalue weighted by Crippen LogP contribution is 2.46. The monoisotopic (exact) mass is 380 g/mol. The van der Waals surface area contributed by atoms with Crippen molar-refractivity contribution >= 4 is 17.4 Å². The Morgan fingerprint density at radius 3 is 2.71 bits per heavy atom. The van der Waals surface area contributed by atoms with Crippen molar-refractivity contribution in [2.75, 3.05) is 24.9 Å². The Hall–Kier alpha value is -3.10. The smallest absolute Gasteiger partial charge is 0.270 e. The van der Waals surface area contributed by atoms with Gasteiger partial charge in [0.2, 0.25) is 0 Å². The second-order valence-corrected chi connectivity index (χ2v) is 6.96. The van der Waals surface area contributed by atoms with E-state index in [1.54, 1.807) is 14.2 Å². The number of hydrogen-bond acceptors (Lipinski definition) is 7. The third-order valence-electron chi connectivity index (χ3n) is 5.08. The van der Waals surface area contributed by atoms with Crippen molar-refractivity contribution in [1.29, 1.82) is 0 Å². The number of amides is 1. The van der Waals surface area contributed by atoms with Crippen LogP contribution >= 0.6 is 0 Å². The molecule has 1 aliphatic carbocycles. The molecule has 146 valence electrons. The summed E-state index contributed by atoms with van der Waals surface area (Å²) in [6.07, 6.45) is 1.64. The number of rotatable bonds is 7. The molecule has 2 aliphatic rings. The molecule has 1 aromatic heterocycles. The van der Waals surface area contributed by atoms with Crippen LogP contribution in [0.25, 0.3) is 0 Å². The van der Waals surface area contributed by atoms with E-state index in [0.717, 1.165) is 18.5 Å². The highest BCUT2D eigenvalue weighted by Gasteiger charge is 2.44. The fraction of sp³-hybridized carbons (Fsp3) is 0.300. The van der Waals surface area contributed by atoms with Crippen molar-refractivity contribution < 1.29 is 9.53 Å². The Morgan fingerprint density at radius 1 is 1.32 bits per heavy atom. The maximum absolute atomic E-state index is 12.3. The molecular weight excluding hydrogens is 356 g/mol. The van der Waals surface area contributed by atoms with Crippen LogP contribution in [0.1, 0.15) is 40.7 Å². The topological polar surface area (TPSA) is 99.3 Å². The second kappa shape index (κ2) is 7.14. The summed E-state index contributed by atoms with van der Waals surface area (Å²) >= 11 is 0. The van der Waals surface area contributed by atoms with Gasteiger partial charge in [-0.3, -0.25) is 4.79 Å². The first kappa shape index (κ1) is 18.3. The molecule has 1 atom stereocenters. The molecule has 0 radical (unpaired) electrons. The number of pyridine rings is 1. The van der Waals surface area contributed by atoms with E-state index in [2.05, 4.69) is 50.5 Å². The van der Waals surface area contributed by atoms with Crippen LogP contribution in [0.4, 0.5) is 11.5 Å². The number of carbonyl (C=O) groups excluding carboxylic acids is 1. The standard InChI is InChI=1S/C20H24N6O2/c1-12(24-20(9-10-20)13-7-5-4-6-8-13)22-15-11-14-16(19(28-3)26-25-14)17(23-15)18(27)21-2/h4-8,11,19,24-26H,1,9-10H2,2-3H3,(H,21,27)(H,22,23). The molecule has 0 saturated heterocycles. The first-order valence-electron chi connectivity index (χ1n) is 9.17. The number of ether oxygens (including phenoxy) is 1. The van der Waals surface area contributed by atoms with Crippen molar-refractivity contribution in [3.63, 3.8) is 0 Å². The van der Waals surface area contributed by atoms with Gasteiger partial charge in [0.05, 0.1) is 22.6 Å². The van der Waals surface area contributed by atoms with Crippen molar-refractivity contribution in [3.8, 4) is 0 Å². The van der Waals surface area contributed by atoms with Crippen molar-refractivity contribution in [1.82, 2.24) is 21.0 Å². The lowest BCUT2D eigenvalue weighted by molar-refractivity contribution is 0.0837. The fourth-order valence-corrected chi connectivity index (χ4v) is 3.51. The molecule has 4 rings (SSSR count). The first-order chi connectivity index (χ1) is 13.6. The quantitative estimate of drug-likeness (QED) is 0.502. The van der Waals surface area contributed by atoms with E-state index in [4.69, 9.17) is 4.74 Å². The zero-order valence-electron chi connectivity index (χ0n) is 15.9. The predicted octanol–water partition coefficient (Wildman–Crippen LogP) is 2.18. The Kier molecular flexibility index (Phi) is 4.66. The van der Waals surface area contributed by atoms with Gasteiger partial charge >= 0.3 is 0 Å². The van der Waals surface area contributed by atoms with Crippen molar-refractivity contribution in [3.05, 3.63) is 65.6 Å². The number of methoxy groups -OCH3 is 1. The van der Waals surface area contributed by atoms with Gasteiger partial charge < -0.3 is 26.1 Å². The normalized spacial score (nSPS) is 18.6. The van der Waals surface area contributed by atoms with Crippen LogP contribution in [0, 0.1) is 0 Å². The van der Waals surface area contributed by atoms with Crippen LogP contribution in [-0.4, -0.2) is 25.0 Å². The lowest BCUT2D eigenvalue weighted by Gasteiger charge is -2.22. The summed E-state index contributed by atoms with van der Waals surface area (Å²) in [6.45, 7) is 4.10. The summed E-state index contributed by atoms with van der Waals surface area (Å²) in [4.78, 5) is 16.8. The summed E-state index contributed by atoms with van der Waals surface area (Å²) in [5.74, 6) is 0.865. The highest BCUT2D eigenvalue weighted by molar-refractivity contribution is 5.96. The van der Waals surface area contributed by atoms with Crippen molar-refractivity contribution in [2.24, 2.45) is 0 Å². The zero-order valence-corrected chi connectivity index (χ0v) is 15.9. The number of nitrogens with one attached hydrogen (secondary N) is 5. The molecule has 0 spiro atoms. The average molecular weight is 380 g/mol. The van der Waals surface area contributed by atoms with E-state index in [1.165, 1.54) is 5.56 Å². The summed E-state index contributed by atoms with van der Waals surface area (Å²) in [7, 11) is 3.14. The van der Waals surface area contributed by atoms with E-state index < -0.39 is 6.23 Å². The largest absolute Gasteiger partial charge is 0.363 e. The predicted molar refractivity (Wildman–Crippen MR) is 107 cm³/mol. The van der Waals surface area contributed by atoms with Gasteiger partial charge in [0.25, 0.3) is 5.91 Å². The van der Waals surface area contributed by atoms with Gasteiger partial charge in [0.1, 0.15) is 11.5 Å². The minimum atomic E-state index is -0.446. The Morgan fingerprint density at radius 2 is 2.07 bits per heavy atom. The van der Waals surface area contributed by atoms with Gasteiger partial charge in [0.15, 0.2) is 6.23 Å². The number of hydrazine groups is 1. The highest BCUT2D eigenvalue weighted by atomic mass is 16.5. The van der Waals surface area contributed by atoms with Crippen LogP contribution < -0.4 is 26.8 Å². The molecule has 1 aromatic carbocycles. The molecule has 5 N–H and O–H groups in total. The summed E-state index contributed by atoms with van der Waals surface area (Å²) in [5, 5.41) is 9.29. The number of carbonyl (C=O) groups is 1. The maximum Gasteiger partial charge on any atom is 0.270 e. The number of aromatic nitrogens is 1. The fourth-order valence-electron chi connectivity index (χ4n) is 3.51. The zero-order chi connectivity index (χ0) is 19.7. The lowest BCUT2D eigenvalue weighted by Crippen LogP contribution is -2.31. The molecule has 2 aromatic rings. The van der Waals surface area contributed by atoms with Gasteiger partial charge in [-0.25, -0.2) is 10.4 Å². The van der Waals surface area contributed by atoms with E-state index in [-0.39, 0.29) is 11.4 Å². The minimum absolute atomic E-state index is 0.0906. The molecular formula is C20H24N6O2. The van der Waals surface area contributed by atoms with Gasteiger partial charge in [0, 0.05) is 20.2 Å². The number of hydrogen-bond donors (Lipinski definition) is 5. The summed E-state index contributed by atoms with van der Waals surface area (Å²) < 4.78 is 5.37. The number of nitrogens with zero attached hydrogens (tertiary/aromatic N) is 1. The number of fused-ring (bicyclic) bond motifs is 1. The lowest BCUT2D eigenvalue weighted by atomic mass is 10.1. The molecule has 0 bridgehead atoms. The van der Waals surface area contributed by atoms with Crippen LogP contribution in [0.2, 0.25) is 0 Å². The number of benzene rings is 1. The minimum Gasteiger partial charge on any atom is -0.363 e. The average Bonchev–Trinajstić information content (AvgIpc) is 3.37. The summed E-state index contributed by atoms with van der Waals surface area (Å²) in [5.41, 5.74) is 8.87.